The predicted octanol–water partition coefficient (Wildman–Crippen LogP) is 0.567. The van der Waals surface area contributed by atoms with Crippen LogP contribution in [0.4, 0.5) is 23.5 Å². The quantitative estimate of drug-likeness (QED) is 0.583. The van der Waals surface area contributed by atoms with Crippen LogP contribution in [-0.2, 0) is 0 Å². The van der Waals surface area contributed by atoms with Gasteiger partial charge in [-0.2, -0.15) is 15.0 Å². The van der Waals surface area contributed by atoms with Crippen molar-refractivity contribution < 1.29 is 0 Å². The van der Waals surface area contributed by atoms with Crippen LogP contribution in [0.15, 0.2) is 18.5 Å². The van der Waals surface area contributed by atoms with Gasteiger partial charge in [-0.05, 0) is 6.07 Å². The highest BCUT2D eigenvalue weighted by molar-refractivity contribution is 5.53. The molecule has 78 valence electrons. The van der Waals surface area contributed by atoms with E-state index in [2.05, 4.69) is 30.6 Å². The normalized spacial score (nSPS) is 9.93. The number of hydrogen-bond donors (Lipinski definition) is 4. The Labute approximate surface area is 86.2 Å². The van der Waals surface area contributed by atoms with Gasteiger partial charge >= 0.3 is 0 Å². The first-order valence-corrected chi connectivity index (χ1v) is 4.37. The predicted molar refractivity (Wildman–Crippen MR) is 57.9 cm³/mol. The van der Waals surface area contributed by atoms with Crippen LogP contribution in [0.1, 0.15) is 0 Å². The van der Waals surface area contributed by atoms with Gasteiger partial charge in [0, 0.05) is 19.4 Å². The number of rotatable bonds is 3. The number of hydrogen-bond acceptors (Lipinski definition) is 6. The Kier molecular flexibility index (Phi) is 2.36. The Morgan fingerprint density at radius 3 is 2.73 bits per heavy atom. The lowest BCUT2D eigenvalue weighted by molar-refractivity contribution is 1.07. The van der Waals surface area contributed by atoms with Crippen LogP contribution in [0.25, 0.3) is 0 Å². The summed E-state index contributed by atoms with van der Waals surface area (Å²) in [7, 11) is 1.72. The summed E-state index contributed by atoms with van der Waals surface area (Å²) >= 11 is 0. The standard InChI is InChI=1S/C8H11N7/c1-10-7-13-6(9)14-8(15-7)12-5-2-3-11-4-5/h2-4,11H,1H3,(H4,9,10,12,13,14,15). The average Bonchev–Trinajstić information content (AvgIpc) is 2.69. The largest absolute Gasteiger partial charge is 0.368 e. The molecule has 7 heteroatoms. The Hall–Kier alpha value is -2.31. The highest BCUT2D eigenvalue weighted by atomic mass is 15.2. The second-order valence-electron chi connectivity index (χ2n) is 2.82. The summed E-state index contributed by atoms with van der Waals surface area (Å²) in [5.74, 6) is 1.01. The maximum Gasteiger partial charge on any atom is 0.233 e. The summed E-state index contributed by atoms with van der Waals surface area (Å²) in [6.07, 6.45) is 3.59. The number of anilines is 4. The number of nitrogen functional groups attached to an aromatic ring is 1. The number of aromatic nitrogens is 4. The van der Waals surface area contributed by atoms with Gasteiger partial charge in [-0.15, -0.1) is 0 Å². The molecule has 0 aliphatic rings. The molecule has 0 bridgehead atoms. The molecule has 0 unspecified atom stereocenters. The topological polar surface area (TPSA) is 105 Å². The van der Waals surface area contributed by atoms with E-state index in [4.69, 9.17) is 5.73 Å². The van der Waals surface area contributed by atoms with Crippen molar-refractivity contribution >= 4 is 23.5 Å². The van der Waals surface area contributed by atoms with Crippen molar-refractivity contribution in [1.82, 2.24) is 19.9 Å². The molecular weight excluding hydrogens is 194 g/mol. The molecule has 0 aliphatic heterocycles. The fraction of sp³-hybridized carbons (Fsp3) is 0.125. The first kappa shape index (κ1) is 9.25. The van der Waals surface area contributed by atoms with Gasteiger partial charge in [0.2, 0.25) is 17.8 Å². The van der Waals surface area contributed by atoms with Crippen LogP contribution in [0.2, 0.25) is 0 Å². The third kappa shape index (κ3) is 2.13. The summed E-state index contributed by atoms with van der Waals surface area (Å²) in [6.45, 7) is 0. The monoisotopic (exact) mass is 205 g/mol. The lowest BCUT2D eigenvalue weighted by atomic mass is 10.5. The van der Waals surface area contributed by atoms with Crippen LogP contribution >= 0.6 is 0 Å². The molecule has 0 aliphatic carbocycles. The van der Waals surface area contributed by atoms with Crippen molar-refractivity contribution in [1.29, 1.82) is 0 Å². The zero-order chi connectivity index (χ0) is 10.7. The van der Waals surface area contributed by atoms with Gasteiger partial charge in [-0.1, -0.05) is 0 Å². The molecule has 2 rings (SSSR count). The minimum absolute atomic E-state index is 0.174. The molecule has 0 atom stereocenters. The van der Waals surface area contributed by atoms with E-state index in [9.17, 15) is 0 Å². The van der Waals surface area contributed by atoms with Gasteiger partial charge in [0.1, 0.15) is 0 Å². The van der Waals surface area contributed by atoms with Crippen LogP contribution in [0, 0.1) is 0 Å². The third-order valence-electron chi connectivity index (χ3n) is 1.73. The Balaban J connectivity index is 2.24. The summed E-state index contributed by atoms with van der Waals surface area (Å²) in [5.41, 5.74) is 6.38. The molecule has 0 radical (unpaired) electrons. The van der Waals surface area contributed by atoms with Crippen molar-refractivity contribution in [3.63, 3.8) is 0 Å². The van der Waals surface area contributed by atoms with E-state index < -0.39 is 0 Å². The molecule has 7 nitrogen and oxygen atoms in total. The van der Waals surface area contributed by atoms with Gasteiger partial charge < -0.3 is 21.4 Å². The average molecular weight is 205 g/mol. The molecule has 0 amide bonds. The van der Waals surface area contributed by atoms with Crippen molar-refractivity contribution in [2.24, 2.45) is 0 Å². The third-order valence-corrected chi connectivity index (χ3v) is 1.73. The van der Waals surface area contributed by atoms with Crippen LogP contribution in [-0.4, -0.2) is 27.0 Å². The molecule has 0 saturated carbocycles. The number of nitrogens with zero attached hydrogens (tertiary/aromatic N) is 3. The Morgan fingerprint density at radius 1 is 1.27 bits per heavy atom. The van der Waals surface area contributed by atoms with E-state index in [0.29, 0.717) is 11.9 Å². The molecule has 0 fully saturated rings. The second kappa shape index (κ2) is 3.82. The molecule has 0 saturated heterocycles. The smallest absolute Gasteiger partial charge is 0.233 e. The number of nitrogens with two attached hydrogens (primary N) is 1. The fourth-order valence-corrected chi connectivity index (χ4v) is 1.09. The Bertz CT molecular complexity index is 436. The van der Waals surface area contributed by atoms with E-state index in [1.807, 2.05) is 6.07 Å². The van der Waals surface area contributed by atoms with E-state index in [1.54, 1.807) is 19.4 Å². The van der Waals surface area contributed by atoms with Gasteiger partial charge in [0.25, 0.3) is 0 Å². The minimum atomic E-state index is 0.174. The number of H-pyrrole nitrogens is 1. The molecule has 2 aromatic heterocycles. The maximum absolute atomic E-state index is 5.51. The molecule has 0 spiro atoms. The summed E-state index contributed by atoms with van der Waals surface area (Å²) < 4.78 is 0. The van der Waals surface area contributed by atoms with Gasteiger partial charge in [-0.3, -0.25) is 0 Å². The van der Waals surface area contributed by atoms with Crippen LogP contribution in [0.5, 0.6) is 0 Å². The first-order valence-electron chi connectivity index (χ1n) is 4.37. The molecule has 2 aromatic rings. The number of nitrogens with one attached hydrogen (secondary N) is 3. The Morgan fingerprint density at radius 2 is 2.07 bits per heavy atom. The SMILES string of the molecule is CNc1nc(N)nc(Nc2cc[nH]c2)n1. The zero-order valence-corrected chi connectivity index (χ0v) is 8.15. The maximum atomic E-state index is 5.51. The lowest BCUT2D eigenvalue weighted by Gasteiger charge is -2.04. The van der Waals surface area contributed by atoms with Crippen LogP contribution in [0.3, 0.4) is 0 Å². The molecule has 0 aromatic carbocycles. The van der Waals surface area contributed by atoms with Crippen molar-refractivity contribution in [3.8, 4) is 0 Å². The summed E-state index contributed by atoms with van der Waals surface area (Å²) in [4.78, 5) is 14.8. The van der Waals surface area contributed by atoms with E-state index in [0.717, 1.165) is 5.69 Å². The molecule has 15 heavy (non-hydrogen) atoms. The van der Waals surface area contributed by atoms with Crippen molar-refractivity contribution in [2.75, 3.05) is 23.4 Å². The summed E-state index contributed by atoms with van der Waals surface area (Å²) in [6, 6.07) is 1.86. The van der Waals surface area contributed by atoms with Crippen molar-refractivity contribution in [2.45, 2.75) is 0 Å². The summed E-state index contributed by atoms with van der Waals surface area (Å²) in [5, 5.41) is 5.78. The lowest BCUT2D eigenvalue weighted by Crippen LogP contribution is -2.06. The van der Waals surface area contributed by atoms with Gasteiger partial charge in [0.05, 0.1) is 5.69 Å². The molecule has 2 heterocycles. The highest BCUT2D eigenvalue weighted by Gasteiger charge is 2.02. The highest BCUT2D eigenvalue weighted by Crippen LogP contribution is 2.13. The van der Waals surface area contributed by atoms with E-state index in [-0.39, 0.29) is 5.95 Å². The molecular formula is C8H11N7. The van der Waals surface area contributed by atoms with E-state index >= 15 is 0 Å². The zero-order valence-electron chi connectivity index (χ0n) is 8.15. The second-order valence-corrected chi connectivity index (χ2v) is 2.82. The van der Waals surface area contributed by atoms with Gasteiger partial charge in [-0.25, -0.2) is 0 Å². The van der Waals surface area contributed by atoms with E-state index in [1.165, 1.54) is 0 Å². The fourth-order valence-electron chi connectivity index (χ4n) is 1.09. The van der Waals surface area contributed by atoms with Gasteiger partial charge in [0.15, 0.2) is 0 Å². The number of aromatic amines is 1. The minimum Gasteiger partial charge on any atom is -0.368 e. The van der Waals surface area contributed by atoms with Crippen LogP contribution < -0.4 is 16.4 Å². The first-order chi connectivity index (χ1) is 7.28. The molecule has 5 N–H and O–H groups in total. The van der Waals surface area contributed by atoms with Crippen molar-refractivity contribution in [3.05, 3.63) is 18.5 Å².